The Labute approximate surface area is 144 Å². The van der Waals surface area contributed by atoms with E-state index in [2.05, 4.69) is 6.92 Å². The molecule has 0 saturated carbocycles. The summed E-state index contributed by atoms with van der Waals surface area (Å²) in [5, 5.41) is 17.6. The van der Waals surface area contributed by atoms with Gasteiger partial charge in [0.1, 0.15) is 0 Å². The van der Waals surface area contributed by atoms with Crippen LogP contribution in [0.1, 0.15) is 84.0 Å². The molecule has 0 radical (unpaired) electrons. The summed E-state index contributed by atoms with van der Waals surface area (Å²) in [6, 6.07) is 0. The highest BCUT2D eigenvalue weighted by molar-refractivity contribution is 8.17. The quantitative estimate of drug-likeness (QED) is 0.259. The van der Waals surface area contributed by atoms with Gasteiger partial charge in [0.2, 0.25) is 0 Å². The maximum atomic E-state index is 10.7. The Hall–Kier alpha value is -0.710. The largest absolute Gasteiger partial charge is 0.481 e. The van der Waals surface area contributed by atoms with Gasteiger partial charge in [0.05, 0.1) is 12.8 Å². The van der Waals surface area contributed by atoms with E-state index in [1.54, 1.807) is 0 Å². The number of aliphatic carboxylic acids is 2. The van der Waals surface area contributed by atoms with Gasteiger partial charge in [0.25, 0.3) is 0 Å². The minimum Gasteiger partial charge on any atom is -0.481 e. The molecule has 0 heterocycles. The van der Waals surface area contributed by atoms with Crippen LogP contribution in [-0.2, 0) is 9.59 Å². The minimum atomic E-state index is -0.768. The lowest BCUT2D eigenvalue weighted by Gasteiger charge is -2.19. The van der Waals surface area contributed by atoms with Crippen molar-refractivity contribution in [1.29, 1.82) is 0 Å². The fourth-order valence-electron chi connectivity index (χ4n) is 2.67. The molecule has 0 rings (SSSR count). The topological polar surface area (TPSA) is 74.6 Å². The van der Waals surface area contributed by atoms with Crippen LogP contribution in [0.5, 0.6) is 0 Å². The van der Waals surface area contributed by atoms with Gasteiger partial charge in [0.15, 0.2) is 0 Å². The van der Waals surface area contributed by atoms with E-state index in [4.69, 9.17) is 10.2 Å². The van der Waals surface area contributed by atoms with Crippen LogP contribution in [-0.4, -0.2) is 39.4 Å². The van der Waals surface area contributed by atoms with Crippen LogP contribution in [0.3, 0.4) is 0 Å². The predicted octanol–water partition coefficient (Wildman–Crippen LogP) is 4.86. The third kappa shape index (κ3) is 17.5. The van der Waals surface area contributed by atoms with Gasteiger partial charge in [-0.15, -0.1) is 0 Å². The molecule has 4 nitrogen and oxygen atoms in total. The van der Waals surface area contributed by atoms with Gasteiger partial charge in [-0.2, -0.15) is 0 Å². The van der Waals surface area contributed by atoms with E-state index in [1.807, 2.05) is 0 Å². The number of hydrogen-bond donors (Lipinski definition) is 3. The van der Waals surface area contributed by atoms with Gasteiger partial charge in [-0.1, -0.05) is 64.7 Å². The summed E-state index contributed by atoms with van der Waals surface area (Å²) < 4.78 is 0. The number of thiol groups is 1. The third-order valence-corrected chi connectivity index (χ3v) is 6.77. The smallest absolute Gasteiger partial charge is 0.304 e. The standard InChI is InChI=1S/C18H36O4S/c1-2-3-4-5-6-7-8-9-10-11-14-23(15-12-17(19)20)16-13-18(21)22/h23H,2-16H2,1H3,(H,19,20)(H,21,22). The molecule has 138 valence electrons. The van der Waals surface area contributed by atoms with Gasteiger partial charge < -0.3 is 10.2 Å². The van der Waals surface area contributed by atoms with Crippen molar-refractivity contribution in [1.82, 2.24) is 0 Å². The highest BCUT2D eigenvalue weighted by atomic mass is 32.2. The Kier molecular flexibility index (Phi) is 15.7. The summed E-state index contributed by atoms with van der Waals surface area (Å²) in [6.45, 7) is 2.24. The molecule has 0 aromatic rings. The molecule has 0 fully saturated rings. The van der Waals surface area contributed by atoms with Crippen molar-refractivity contribution in [2.75, 3.05) is 17.3 Å². The Bertz CT molecular complexity index is 289. The first-order chi connectivity index (χ1) is 11.1. The van der Waals surface area contributed by atoms with Crippen molar-refractivity contribution in [3.63, 3.8) is 0 Å². The van der Waals surface area contributed by atoms with Crippen LogP contribution in [0, 0.1) is 0 Å². The number of carbonyl (C=O) groups is 2. The summed E-state index contributed by atoms with van der Waals surface area (Å²) in [7, 11) is -0.422. The molecule has 0 aliphatic carbocycles. The van der Waals surface area contributed by atoms with E-state index in [-0.39, 0.29) is 12.8 Å². The van der Waals surface area contributed by atoms with Crippen molar-refractivity contribution in [3.8, 4) is 0 Å². The molecule has 5 heteroatoms. The highest BCUT2D eigenvalue weighted by Crippen LogP contribution is 2.29. The van der Waals surface area contributed by atoms with Crippen LogP contribution in [0.2, 0.25) is 0 Å². The van der Waals surface area contributed by atoms with Gasteiger partial charge in [-0.05, 0) is 23.7 Å². The fraction of sp³-hybridized carbons (Fsp3) is 0.889. The zero-order valence-corrected chi connectivity index (χ0v) is 15.7. The first-order valence-corrected chi connectivity index (χ1v) is 11.1. The van der Waals surface area contributed by atoms with Crippen molar-refractivity contribution >= 4 is 22.8 Å². The van der Waals surface area contributed by atoms with Crippen LogP contribution in [0.15, 0.2) is 0 Å². The lowest BCUT2D eigenvalue weighted by molar-refractivity contribution is -0.137. The van der Waals surface area contributed by atoms with E-state index in [9.17, 15) is 9.59 Å². The number of unbranched alkanes of at least 4 members (excludes halogenated alkanes) is 9. The summed E-state index contributed by atoms with van der Waals surface area (Å²) >= 11 is 0. The van der Waals surface area contributed by atoms with Crippen LogP contribution in [0.4, 0.5) is 0 Å². The van der Waals surface area contributed by atoms with Crippen molar-refractivity contribution in [2.45, 2.75) is 84.0 Å². The second-order valence-corrected chi connectivity index (χ2v) is 8.99. The van der Waals surface area contributed by atoms with Gasteiger partial charge in [-0.3, -0.25) is 20.5 Å². The second kappa shape index (κ2) is 16.2. The molecular weight excluding hydrogens is 312 g/mol. The molecule has 0 unspecified atom stereocenters. The van der Waals surface area contributed by atoms with E-state index >= 15 is 0 Å². The highest BCUT2D eigenvalue weighted by Gasteiger charge is 2.09. The van der Waals surface area contributed by atoms with E-state index < -0.39 is 22.8 Å². The number of hydrogen-bond acceptors (Lipinski definition) is 2. The van der Waals surface area contributed by atoms with Crippen LogP contribution in [0.25, 0.3) is 0 Å². The van der Waals surface area contributed by atoms with E-state index in [0.717, 1.165) is 12.2 Å². The molecule has 0 saturated heterocycles. The molecular formula is C18H36O4S. The third-order valence-electron chi connectivity index (χ3n) is 4.11. The molecule has 2 N–H and O–H groups in total. The lowest BCUT2D eigenvalue weighted by atomic mass is 10.1. The predicted molar refractivity (Wildman–Crippen MR) is 99.9 cm³/mol. The summed E-state index contributed by atoms with van der Waals surface area (Å²) in [6.07, 6.45) is 13.3. The van der Waals surface area contributed by atoms with Crippen molar-refractivity contribution in [2.24, 2.45) is 0 Å². The Balaban J connectivity index is 3.60. The molecule has 0 aromatic carbocycles. The molecule has 0 bridgehead atoms. The second-order valence-electron chi connectivity index (χ2n) is 6.31. The lowest BCUT2D eigenvalue weighted by Crippen LogP contribution is -2.08. The number of rotatable bonds is 17. The zero-order chi connectivity index (χ0) is 17.3. The summed E-state index contributed by atoms with van der Waals surface area (Å²) in [4.78, 5) is 21.4. The zero-order valence-electron chi connectivity index (χ0n) is 14.8. The maximum absolute atomic E-state index is 10.7. The molecule has 0 atom stereocenters. The van der Waals surface area contributed by atoms with Crippen LogP contribution < -0.4 is 0 Å². The fourth-order valence-corrected chi connectivity index (χ4v) is 5.02. The molecule has 0 aromatic heterocycles. The minimum absolute atomic E-state index is 0.184. The first kappa shape index (κ1) is 22.3. The summed E-state index contributed by atoms with van der Waals surface area (Å²) in [5.74, 6) is 0.851. The molecule has 23 heavy (non-hydrogen) atoms. The molecule has 0 spiro atoms. The Morgan fingerprint density at radius 3 is 1.43 bits per heavy atom. The average molecular weight is 349 g/mol. The number of carboxylic acids is 2. The van der Waals surface area contributed by atoms with E-state index in [1.165, 1.54) is 57.8 Å². The summed E-state index contributed by atoms with van der Waals surface area (Å²) in [5.41, 5.74) is 0. The Morgan fingerprint density at radius 2 is 1.04 bits per heavy atom. The van der Waals surface area contributed by atoms with Gasteiger partial charge >= 0.3 is 11.9 Å². The first-order valence-electron chi connectivity index (χ1n) is 9.22. The monoisotopic (exact) mass is 348 g/mol. The van der Waals surface area contributed by atoms with Gasteiger partial charge in [0, 0.05) is 0 Å². The van der Waals surface area contributed by atoms with Gasteiger partial charge in [-0.25, -0.2) is 0 Å². The maximum Gasteiger partial charge on any atom is 0.304 e. The molecule has 0 amide bonds. The Morgan fingerprint density at radius 1 is 0.652 bits per heavy atom. The average Bonchev–Trinajstić information content (AvgIpc) is 2.50. The molecule has 0 aliphatic rings. The number of carboxylic acid groups (broad SMARTS) is 2. The van der Waals surface area contributed by atoms with Crippen molar-refractivity contribution < 1.29 is 19.8 Å². The van der Waals surface area contributed by atoms with Crippen molar-refractivity contribution in [3.05, 3.63) is 0 Å². The van der Waals surface area contributed by atoms with E-state index in [0.29, 0.717) is 11.5 Å². The molecule has 0 aliphatic heterocycles. The van der Waals surface area contributed by atoms with Crippen LogP contribution >= 0.6 is 10.9 Å². The SMILES string of the molecule is CCCCCCCCCCCC[SH](CCC(=O)O)CCC(=O)O. The normalized spacial score (nSPS) is 11.4.